The molecule has 2 rings (SSSR count). The van der Waals surface area contributed by atoms with Gasteiger partial charge < -0.3 is 0 Å². The Morgan fingerprint density at radius 3 is 1.53 bits per heavy atom. The maximum absolute atomic E-state index is 12.6. The predicted molar refractivity (Wildman–Crippen MR) is 62.6 cm³/mol. The van der Waals surface area contributed by atoms with Crippen LogP contribution in [0.15, 0.2) is 0 Å². The number of rotatable bonds is 1. The molecule has 2 aliphatic carbocycles. The van der Waals surface area contributed by atoms with Gasteiger partial charge in [-0.1, -0.05) is 19.8 Å². The number of hydrogen-bond donors (Lipinski definition) is 0. The van der Waals surface area contributed by atoms with Gasteiger partial charge in [-0.05, 0) is 56.3 Å². The second kappa shape index (κ2) is 5.19. The fourth-order valence-electron chi connectivity index (χ4n) is 3.68. The SMILES string of the molecule is CC1CCC(C2CCC(C(F)(F)F)CC2)CC1. The zero-order chi connectivity index (χ0) is 12.5. The first-order chi connectivity index (χ1) is 7.97. The first kappa shape index (κ1) is 13.2. The molecule has 0 nitrogen and oxygen atoms in total. The van der Waals surface area contributed by atoms with Crippen molar-refractivity contribution in [1.29, 1.82) is 0 Å². The van der Waals surface area contributed by atoms with Crippen LogP contribution in [0, 0.1) is 23.7 Å². The molecule has 0 aromatic rings. The van der Waals surface area contributed by atoms with E-state index in [9.17, 15) is 13.2 Å². The lowest BCUT2D eigenvalue weighted by molar-refractivity contribution is -0.185. The average molecular weight is 248 g/mol. The summed E-state index contributed by atoms with van der Waals surface area (Å²) >= 11 is 0. The lowest BCUT2D eigenvalue weighted by atomic mass is 9.69. The summed E-state index contributed by atoms with van der Waals surface area (Å²) in [5.74, 6) is 1.13. The lowest BCUT2D eigenvalue weighted by Crippen LogP contribution is -2.31. The number of alkyl halides is 3. The summed E-state index contributed by atoms with van der Waals surface area (Å²) in [5.41, 5.74) is 0. The highest BCUT2D eigenvalue weighted by Crippen LogP contribution is 2.45. The van der Waals surface area contributed by atoms with Crippen LogP contribution < -0.4 is 0 Å². The van der Waals surface area contributed by atoms with E-state index in [-0.39, 0.29) is 0 Å². The maximum Gasteiger partial charge on any atom is 0.391 e. The number of halogens is 3. The van der Waals surface area contributed by atoms with Crippen LogP contribution in [0.4, 0.5) is 13.2 Å². The van der Waals surface area contributed by atoms with E-state index in [1.165, 1.54) is 25.7 Å². The van der Waals surface area contributed by atoms with Crippen molar-refractivity contribution < 1.29 is 13.2 Å². The summed E-state index contributed by atoms with van der Waals surface area (Å²) in [6.07, 6.45) is 3.48. The molecule has 0 heterocycles. The van der Waals surface area contributed by atoms with E-state index in [0.717, 1.165) is 24.7 Å². The second-order valence-corrected chi connectivity index (χ2v) is 6.17. The Morgan fingerprint density at radius 1 is 0.706 bits per heavy atom. The molecular weight excluding hydrogens is 225 g/mol. The highest BCUT2D eigenvalue weighted by Gasteiger charge is 2.42. The van der Waals surface area contributed by atoms with Crippen molar-refractivity contribution in [2.45, 2.75) is 64.5 Å². The highest BCUT2D eigenvalue weighted by molar-refractivity contribution is 4.83. The third kappa shape index (κ3) is 3.38. The Balaban J connectivity index is 1.79. The Morgan fingerprint density at radius 2 is 1.12 bits per heavy atom. The summed E-state index contributed by atoms with van der Waals surface area (Å²) in [6.45, 7) is 2.29. The third-order valence-electron chi connectivity index (χ3n) is 4.96. The molecule has 0 N–H and O–H groups in total. The molecule has 2 aliphatic rings. The fraction of sp³-hybridized carbons (Fsp3) is 1.00. The minimum absolute atomic E-state index is 0.375. The van der Waals surface area contributed by atoms with E-state index >= 15 is 0 Å². The van der Waals surface area contributed by atoms with Crippen molar-refractivity contribution in [1.82, 2.24) is 0 Å². The maximum atomic E-state index is 12.6. The molecule has 0 unspecified atom stereocenters. The molecule has 3 heteroatoms. The summed E-state index contributed by atoms with van der Waals surface area (Å²) in [7, 11) is 0. The van der Waals surface area contributed by atoms with E-state index < -0.39 is 12.1 Å². The molecule has 100 valence electrons. The largest absolute Gasteiger partial charge is 0.391 e. The monoisotopic (exact) mass is 248 g/mol. The van der Waals surface area contributed by atoms with Gasteiger partial charge >= 0.3 is 6.18 Å². The van der Waals surface area contributed by atoms with Crippen molar-refractivity contribution in [2.75, 3.05) is 0 Å². The zero-order valence-electron chi connectivity index (χ0n) is 10.6. The van der Waals surface area contributed by atoms with Gasteiger partial charge in [0.25, 0.3) is 0 Å². The fourth-order valence-corrected chi connectivity index (χ4v) is 3.68. The van der Waals surface area contributed by atoms with Crippen molar-refractivity contribution in [3.8, 4) is 0 Å². The molecule has 0 bridgehead atoms. The van der Waals surface area contributed by atoms with Crippen molar-refractivity contribution in [3.05, 3.63) is 0 Å². The van der Waals surface area contributed by atoms with Gasteiger partial charge in [-0.2, -0.15) is 13.2 Å². The summed E-state index contributed by atoms with van der Waals surface area (Å²) in [5, 5.41) is 0. The molecule has 0 atom stereocenters. The normalized spacial score (nSPS) is 40.2. The van der Waals surface area contributed by atoms with Gasteiger partial charge in [-0.3, -0.25) is 0 Å². The molecule has 2 fully saturated rings. The van der Waals surface area contributed by atoms with Gasteiger partial charge in [0, 0.05) is 0 Å². The van der Waals surface area contributed by atoms with E-state index in [0.29, 0.717) is 18.8 Å². The Bertz CT molecular complexity index is 230. The van der Waals surface area contributed by atoms with Crippen LogP contribution >= 0.6 is 0 Å². The Kier molecular flexibility index (Phi) is 4.04. The van der Waals surface area contributed by atoms with Crippen LogP contribution in [0.2, 0.25) is 0 Å². The molecule has 0 radical (unpaired) electrons. The zero-order valence-corrected chi connectivity index (χ0v) is 10.6. The quantitative estimate of drug-likeness (QED) is 0.599. The van der Waals surface area contributed by atoms with Gasteiger partial charge in [-0.25, -0.2) is 0 Å². The average Bonchev–Trinajstić information content (AvgIpc) is 2.29. The van der Waals surface area contributed by atoms with Crippen LogP contribution in [0.1, 0.15) is 58.3 Å². The first-order valence-corrected chi connectivity index (χ1v) is 7.03. The second-order valence-electron chi connectivity index (χ2n) is 6.17. The third-order valence-corrected chi connectivity index (χ3v) is 4.96. The van der Waals surface area contributed by atoms with Crippen LogP contribution in [0.25, 0.3) is 0 Å². The van der Waals surface area contributed by atoms with Gasteiger partial charge in [0.2, 0.25) is 0 Å². The first-order valence-electron chi connectivity index (χ1n) is 7.03. The molecule has 0 spiro atoms. The van der Waals surface area contributed by atoms with Crippen molar-refractivity contribution in [3.63, 3.8) is 0 Å². The summed E-state index contributed by atoms with van der Waals surface area (Å²) < 4.78 is 37.7. The molecule has 0 saturated heterocycles. The molecule has 17 heavy (non-hydrogen) atoms. The number of hydrogen-bond acceptors (Lipinski definition) is 0. The predicted octanol–water partition coefficient (Wildman–Crippen LogP) is 5.18. The van der Waals surface area contributed by atoms with Gasteiger partial charge in [0.15, 0.2) is 0 Å². The van der Waals surface area contributed by atoms with Crippen LogP contribution in [0.5, 0.6) is 0 Å². The van der Waals surface area contributed by atoms with E-state index in [4.69, 9.17) is 0 Å². The molecule has 0 aliphatic heterocycles. The Labute approximate surface area is 102 Å². The van der Waals surface area contributed by atoms with Gasteiger partial charge in [0.1, 0.15) is 0 Å². The van der Waals surface area contributed by atoms with Crippen LogP contribution in [0.3, 0.4) is 0 Å². The topological polar surface area (TPSA) is 0 Å². The van der Waals surface area contributed by atoms with Crippen molar-refractivity contribution in [2.24, 2.45) is 23.7 Å². The summed E-state index contributed by atoms with van der Waals surface area (Å²) in [6, 6.07) is 0. The lowest BCUT2D eigenvalue weighted by Gasteiger charge is -2.37. The van der Waals surface area contributed by atoms with Gasteiger partial charge in [0.05, 0.1) is 5.92 Å². The van der Waals surface area contributed by atoms with E-state index in [2.05, 4.69) is 6.92 Å². The van der Waals surface area contributed by atoms with Crippen LogP contribution in [-0.2, 0) is 0 Å². The molecule has 0 amide bonds. The molecule has 0 aromatic heterocycles. The minimum atomic E-state index is -3.95. The molecule has 2 saturated carbocycles. The van der Waals surface area contributed by atoms with E-state index in [1.54, 1.807) is 0 Å². The molecule has 0 aromatic carbocycles. The molecular formula is C14H23F3. The van der Waals surface area contributed by atoms with Gasteiger partial charge in [-0.15, -0.1) is 0 Å². The van der Waals surface area contributed by atoms with Crippen molar-refractivity contribution >= 4 is 0 Å². The smallest absolute Gasteiger partial charge is 0.171 e. The highest BCUT2D eigenvalue weighted by atomic mass is 19.4. The standard InChI is InChI=1S/C14H23F3/c1-10-2-4-11(5-3-10)12-6-8-13(9-7-12)14(15,16)17/h10-13H,2-9H2,1H3. The van der Waals surface area contributed by atoms with Crippen LogP contribution in [-0.4, -0.2) is 6.18 Å². The minimum Gasteiger partial charge on any atom is -0.171 e. The van der Waals surface area contributed by atoms with E-state index in [1.807, 2.05) is 0 Å². The summed E-state index contributed by atoms with van der Waals surface area (Å²) in [4.78, 5) is 0. The Hall–Kier alpha value is -0.210.